The molecule has 2 aromatic carbocycles. The Morgan fingerprint density at radius 3 is 2.65 bits per heavy atom. The first-order valence-corrected chi connectivity index (χ1v) is 12.1. The zero-order chi connectivity index (χ0) is 23.4. The molecular weight excluding hydrogens is 474 g/mol. The van der Waals surface area contributed by atoms with Gasteiger partial charge in [0.25, 0.3) is 0 Å². The lowest BCUT2D eigenvalue weighted by Gasteiger charge is -2.36. The quantitative estimate of drug-likeness (QED) is 0.416. The highest BCUT2D eigenvalue weighted by Crippen LogP contribution is 2.36. The Balaban J connectivity index is 0.00000324. The summed E-state index contributed by atoms with van der Waals surface area (Å²) in [6, 6.07) is 12.3. The molecule has 0 radical (unpaired) electrons. The van der Waals surface area contributed by atoms with E-state index in [0.29, 0.717) is 23.8 Å². The van der Waals surface area contributed by atoms with E-state index in [4.69, 9.17) is 9.47 Å². The van der Waals surface area contributed by atoms with E-state index >= 15 is 0 Å². The van der Waals surface area contributed by atoms with Gasteiger partial charge in [-0.15, -0.1) is 23.7 Å². The second-order valence-corrected chi connectivity index (χ2v) is 9.22. The number of carbonyl (C=O) groups is 1. The van der Waals surface area contributed by atoms with Crippen molar-refractivity contribution >= 4 is 51.3 Å². The first-order valence-electron chi connectivity index (χ1n) is 11.2. The minimum atomic E-state index is -1.02. The smallest absolute Gasteiger partial charge is 0.411 e. The van der Waals surface area contributed by atoms with Crippen molar-refractivity contribution in [1.29, 1.82) is 0 Å². The molecule has 1 aliphatic rings. The van der Waals surface area contributed by atoms with Gasteiger partial charge in [-0.05, 0) is 48.6 Å². The first kappa shape index (κ1) is 25.9. The van der Waals surface area contributed by atoms with Crippen LogP contribution in [-0.2, 0) is 0 Å². The van der Waals surface area contributed by atoms with Crippen molar-refractivity contribution < 1.29 is 19.4 Å². The van der Waals surface area contributed by atoms with Crippen molar-refractivity contribution in [1.82, 2.24) is 4.90 Å². The maximum Gasteiger partial charge on any atom is 0.411 e. The van der Waals surface area contributed by atoms with Gasteiger partial charge in [0.1, 0.15) is 0 Å². The van der Waals surface area contributed by atoms with Gasteiger partial charge in [-0.3, -0.25) is 9.80 Å². The number of thiophene rings is 1. The Bertz CT molecular complexity index is 1110. The molecule has 0 atom stereocenters. The molecule has 1 aliphatic heterocycles. The van der Waals surface area contributed by atoms with Gasteiger partial charge in [0, 0.05) is 61.6 Å². The van der Waals surface area contributed by atoms with Crippen LogP contribution in [0.3, 0.4) is 0 Å². The Kier molecular flexibility index (Phi) is 8.88. The number of amides is 1. The summed E-state index contributed by atoms with van der Waals surface area (Å²) in [5.74, 6) is 1.23. The minimum absolute atomic E-state index is 0. The topological polar surface area (TPSA) is 65.5 Å². The maximum atomic E-state index is 11.2. The average molecular weight is 506 g/mol. The molecule has 1 fully saturated rings. The van der Waals surface area contributed by atoms with Crippen LogP contribution in [0.4, 0.5) is 16.2 Å². The number of anilines is 2. The van der Waals surface area contributed by atoms with E-state index in [1.807, 2.05) is 6.92 Å². The molecule has 9 heteroatoms. The zero-order valence-electron chi connectivity index (χ0n) is 19.8. The third kappa shape index (κ3) is 5.68. The lowest BCUT2D eigenvalue weighted by atomic mass is 10.1. The van der Waals surface area contributed by atoms with E-state index in [1.54, 1.807) is 30.6 Å². The van der Waals surface area contributed by atoms with E-state index in [9.17, 15) is 9.90 Å². The summed E-state index contributed by atoms with van der Waals surface area (Å²) in [5, 5.41) is 12.7. The number of methoxy groups -OCH3 is 1. The summed E-state index contributed by atoms with van der Waals surface area (Å²) in [5.41, 5.74) is 2.75. The standard InChI is InChI=1S/C25H31N3O4S.ClH/c1-18-16-19(26(2)25(29)30)17-22(31-3)24(18)32-14-5-9-27-10-12-28(13-11-27)21-6-4-7-23-20(21)8-15-33-23;/h4,6-8,15-17H,5,9-14H2,1-3H3,(H,29,30);1H. The number of carboxylic acid groups (broad SMARTS) is 1. The van der Waals surface area contributed by atoms with Gasteiger partial charge >= 0.3 is 6.09 Å². The predicted octanol–water partition coefficient (Wildman–Crippen LogP) is 5.35. The normalized spacial score (nSPS) is 14.0. The van der Waals surface area contributed by atoms with Crippen LogP contribution < -0.4 is 19.3 Å². The molecule has 4 rings (SSSR count). The van der Waals surface area contributed by atoms with Crippen LogP contribution in [0.15, 0.2) is 41.8 Å². The third-order valence-corrected chi connectivity index (χ3v) is 7.05. The van der Waals surface area contributed by atoms with Crippen LogP contribution in [0, 0.1) is 6.92 Å². The number of nitrogens with zero attached hydrogens (tertiary/aromatic N) is 3. The molecule has 1 amide bonds. The molecule has 34 heavy (non-hydrogen) atoms. The van der Waals surface area contributed by atoms with Crippen molar-refractivity contribution in [3.63, 3.8) is 0 Å². The summed E-state index contributed by atoms with van der Waals surface area (Å²) in [4.78, 5) is 17.4. The molecule has 7 nitrogen and oxygen atoms in total. The number of benzene rings is 2. The van der Waals surface area contributed by atoms with Crippen molar-refractivity contribution in [2.75, 3.05) is 63.3 Å². The molecule has 0 saturated carbocycles. The fourth-order valence-corrected chi connectivity index (χ4v) is 5.10. The number of fused-ring (bicyclic) bond motifs is 1. The Labute approximate surface area is 210 Å². The van der Waals surface area contributed by atoms with Gasteiger partial charge in [-0.25, -0.2) is 4.79 Å². The molecule has 0 spiro atoms. The van der Waals surface area contributed by atoms with Crippen molar-refractivity contribution in [2.24, 2.45) is 0 Å². The molecule has 0 bridgehead atoms. The molecule has 1 saturated heterocycles. The van der Waals surface area contributed by atoms with Crippen molar-refractivity contribution in [3.8, 4) is 11.5 Å². The Hall–Kier alpha value is -2.68. The van der Waals surface area contributed by atoms with E-state index in [1.165, 1.54) is 22.8 Å². The number of ether oxygens (including phenoxy) is 2. The molecule has 2 heterocycles. The van der Waals surface area contributed by atoms with Gasteiger partial charge in [0.15, 0.2) is 11.5 Å². The second-order valence-electron chi connectivity index (χ2n) is 8.28. The molecule has 184 valence electrons. The fourth-order valence-electron chi connectivity index (χ4n) is 4.29. The first-order chi connectivity index (χ1) is 16.0. The van der Waals surface area contributed by atoms with E-state index in [0.717, 1.165) is 49.6 Å². The minimum Gasteiger partial charge on any atom is -0.493 e. The van der Waals surface area contributed by atoms with Crippen LogP contribution in [0.25, 0.3) is 10.1 Å². The maximum absolute atomic E-state index is 11.2. The summed E-state index contributed by atoms with van der Waals surface area (Å²) >= 11 is 1.80. The largest absolute Gasteiger partial charge is 0.493 e. The molecule has 0 unspecified atom stereocenters. The Morgan fingerprint density at radius 2 is 1.94 bits per heavy atom. The summed E-state index contributed by atoms with van der Waals surface area (Å²) in [7, 11) is 3.08. The van der Waals surface area contributed by atoms with Crippen LogP contribution in [0.5, 0.6) is 11.5 Å². The highest BCUT2D eigenvalue weighted by molar-refractivity contribution is 7.17. The Morgan fingerprint density at radius 1 is 1.18 bits per heavy atom. The van der Waals surface area contributed by atoms with Crippen LogP contribution in [-0.4, -0.2) is 69.6 Å². The van der Waals surface area contributed by atoms with Gasteiger partial charge in [-0.2, -0.15) is 0 Å². The number of hydrogen-bond acceptors (Lipinski definition) is 6. The second kappa shape index (κ2) is 11.6. The summed E-state index contributed by atoms with van der Waals surface area (Å²) in [6.07, 6.45) is -0.100. The van der Waals surface area contributed by atoms with E-state index in [2.05, 4.69) is 39.4 Å². The van der Waals surface area contributed by atoms with Gasteiger partial charge < -0.3 is 19.5 Å². The molecule has 1 aromatic heterocycles. The van der Waals surface area contributed by atoms with Crippen LogP contribution >= 0.6 is 23.7 Å². The highest BCUT2D eigenvalue weighted by atomic mass is 35.5. The van der Waals surface area contributed by atoms with E-state index < -0.39 is 6.09 Å². The number of rotatable bonds is 8. The lowest BCUT2D eigenvalue weighted by molar-refractivity contribution is 0.203. The molecular formula is C25H32ClN3O4S. The van der Waals surface area contributed by atoms with Crippen LogP contribution in [0.1, 0.15) is 12.0 Å². The number of halogens is 1. The van der Waals surface area contributed by atoms with Crippen molar-refractivity contribution in [3.05, 3.63) is 47.3 Å². The van der Waals surface area contributed by atoms with Gasteiger partial charge in [0.2, 0.25) is 0 Å². The molecule has 1 N–H and O–H groups in total. The highest BCUT2D eigenvalue weighted by Gasteiger charge is 2.19. The SMILES string of the molecule is COc1cc(N(C)C(=O)O)cc(C)c1OCCCN1CCN(c2cccc3sccc23)CC1.Cl. The molecule has 0 aliphatic carbocycles. The van der Waals surface area contributed by atoms with E-state index in [-0.39, 0.29) is 12.4 Å². The van der Waals surface area contributed by atoms with Crippen molar-refractivity contribution in [2.45, 2.75) is 13.3 Å². The number of aryl methyl sites for hydroxylation is 1. The average Bonchev–Trinajstić information content (AvgIpc) is 3.31. The fraction of sp³-hybridized carbons (Fsp3) is 0.400. The zero-order valence-corrected chi connectivity index (χ0v) is 21.5. The summed E-state index contributed by atoms with van der Waals surface area (Å²) in [6.45, 7) is 7.61. The van der Waals surface area contributed by atoms with Gasteiger partial charge in [-0.1, -0.05) is 6.07 Å². The third-order valence-electron chi connectivity index (χ3n) is 6.17. The number of hydrogen-bond donors (Lipinski definition) is 1. The monoisotopic (exact) mass is 505 g/mol. The van der Waals surface area contributed by atoms with Gasteiger partial charge in [0.05, 0.1) is 19.4 Å². The predicted molar refractivity (Wildman–Crippen MR) is 142 cm³/mol. The summed E-state index contributed by atoms with van der Waals surface area (Å²) < 4.78 is 12.9. The van der Waals surface area contributed by atoms with Crippen LogP contribution in [0.2, 0.25) is 0 Å². The molecule has 3 aromatic rings. The lowest BCUT2D eigenvalue weighted by Crippen LogP contribution is -2.46. The number of piperazine rings is 1.